The largest absolute Gasteiger partial charge is 0.507 e. The molecule has 3 rings (SSSR count). The molecule has 0 radical (unpaired) electrons. The number of para-hydroxylation sites is 2. The van der Waals surface area contributed by atoms with Crippen molar-refractivity contribution in [1.82, 2.24) is 0 Å². The van der Waals surface area contributed by atoms with Gasteiger partial charge >= 0.3 is 0 Å². The standard InChI is InChI=1S/C29H37O7P/c1-22-19-23(21-36-18-17-35-16-15-34-14-13-31-2)29(30)28(20-22)37(26-11-7-5-9-24(26)32-3)27-12-8-6-10-25(27)33-4/h5-12,19-20,30H,13-18,21H2,1-4H3. The van der Waals surface area contributed by atoms with Crippen LogP contribution in [0.5, 0.6) is 17.2 Å². The molecule has 0 saturated heterocycles. The van der Waals surface area contributed by atoms with E-state index in [0.717, 1.165) is 38.5 Å². The summed E-state index contributed by atoms with van der Waals surface area (Å²) in [6, 6.07) is 19.8. The summed E-state index contributed by atoms with van der Waals surface area (Å²) in [4.78, 5) is 0. The number of phenolic OH excluding ortho intramolecular Hbond substituents is 1. The van der Waals surface area contributed by atoms with E-state index in [-0.39, 0.29) is 12.4 Å². The Balaban J connectivity index is 1.80. The van der Waals surface area contributed by atoms with Crippen LogP contribution in [0.4, 0.5) is 0 Å². The third-order valence-corrected chi connectivity index (χ3v) is 8.16. The van der Waals surface area contributed by atoms with E-state index < -0.39 is 7.92 Å². The van der Waals surface area contributed by atoms with Gasteiger partial charge in [-0.25, -0.2) is 0 Å². The molecule has 0 atom stereocenters. The lowest BCUT2D eigenvalue weighted by Gasteiger charge is -2.25. The summed E-state index contributed by atoms with van der Waals surface area (Å²) in [5.74, 6) is 1.75. The fourth-order valence-corrected chi connectivity index (χ4v) is 6.61. The van der Waals surface area contributed by atoms with Crippen molar-refractivity contribution in [1.29, 1.82) is 0 Å². The van der Waals surface area contributed by atoms with Gasteiger partial charge in [-0.2, -0.15) is 0 Å². The second-order valence-electron chi connectivity index (χ2n) is 8.24. The van der Waals surface area contributed by atoms with E-state index in [1.807, 2.05) is 67.6 Å². The summed E-state index contributed by atoms with van der Waals surface area (Å²) in [7, 11) is 3.78. The average molecular weight is 529 g/mol. The minimum Gasteiger partial charge on any atom is -0.507 e. The Morgan fingerprint density at radius 3 is 1.70 bits per heavy atom. The molecule has 0 saturated carbocycles. The highest BCUT2D eigenvalue weighted by atomic mass is 31.1. The number of phenols is 1. The SMILES string of the molecule is COCCOCCOCCOCc1cc(C)cc(P(c2ccccc2OC)c2ccccc2OC)c1O. The van der Waals surface area contributed by atoms with Crippen LogP contribution in [0.2, 0.25) is 0 Å². The summed E-state index contributed by atoms with van der Waals surface area (Å²) in [6.45, 7) is 5.29. The Morgan fingerprint density at radius 1 is 0.649 bits per heavy atom. The first-order valence-corrected chi connectivity index (χ1v) is 13.6. The zero-order chi connectivity index (χ0) is 26.5. The molecule has 0 unspecified atom stereocenters. The van der Waals surface area contributed by atoms with Gasteiger partial charge in [0.2, 0.25) is 0 Å². The molecule has 0 amide bonds. The van der Waals surface area contributed by atoms with Crippen LogP contribution in [0.25, 0.3) is 0 Å². The van der Waals surface area contributed by atoms with Crippen LogP contribution in [0.15, 0.2) is 60.7 Å². The lowest BCUT2D eigenvalue weighted by atomic mass is 10.1. The lowest BCUT2D eigenvalue weighted by molar-refractivity contribution is 0.000680. The molecule has 37 heavy (non-hydrogen) atoms. The minimum atomic E-state index is -1.19. The number of aryl methyl sites for hydroxylation is 1. The van der Waals surface area contributed by atoms with E-state index in [1.165, 1.54) is 0 Å². The van der Waals surface area contributed by atoms with E-state index in [2.05, 4.69) is 0 Å². The van der Waals surface area contributed by atoms with Crippen LogP contribution in [-0.2, 0) is 25.6 Å². The maximum absolute atomic E-state index is 11.5. The number of hydrogen-bond donors (Lipinski definition) is 1. The Bertz CT molecular complexity index is 1060. The molecular formula is C29H37O7P. The maximum atomic E-state index is 11.5. The monoisotopic (exact) mass is 528 g/mol. The highest BCUT2D eigenvalue weighted by Gasteiger charge is 2.27. The van der Waals surface area contributed by atoms with Gasteiger partial charge in [0.15, 0.2) is 0 Å². The van der Waals surface area contributed by atoms with Gasteiger partial charge in [-0.1, -0.05) is 42.5 Å². The second kappa shape index (κ2) is 15.6. The topological polar surface area (TPSA) is 75.6 Å². The zero-order valence-electron chi connectivity index (χ0n) is 22.1. The molecular weight excluding hydrogens is 491 g/mol. The molecule has 7 nitrogen and oxygen atoms in total. The van der Waals surface area contributed by atoms with Gasteiger partial charge in [-0.05, 0) is 38.6 Å². The Labute approximate surface area is 221 Å². The van der Waals surface area contributed by atoms with Gasteiger partial charge in [0.1, 0.15) is 17.2 Å². The van der Waals surface area contributed by atoms with Crippen molar-refractivity contribution in [3.63, 3.8) is 0 Å². The fraction of sp³-hybridized carbons (Fsp3) is 0.379. The van der Waals surface area contributed by atoms with E-state index in [4.69, 9.17) is 28.4 Å². The molecule has 0 spiro atoms. The Morgan fingerprint density at radius 2 is 1.16 bits per heavy atom. The van der Waals surface area contributed by atoms with Crippen molar-refractivity contribution >= 4 is 23.8 Å². The van der Waals surface area contributed by atoms with Gasteiger partial charge in [0.25, 0.3) is 0 Å². The molecule has 0 fully saturated rings. The predicted molar refractivity (Wildman–Crippen MR) is 148 cm³/mol. The minimum absolute atomic E-state index is 0.223. The van der Waals surface area contributed by atoms with Crippen LogP contribution in [-0.4, -0.2) is 66.1 Å². The molecule has 3 aromatic carbocycles. The Hall–Kier alpha value is -2.67. The highest BCUT2D eigenvalue weighted by molar-refractivity contribution is 7.80. The number of hydrogen-bond acceptors (Lipinski definition) is 7. The molecule has 200 valence electrons. The molecule has 0 aliphatic rings. The molecule has 0 aromatic heterocycles. The van der Waals surface area contributed by atoms with Crippen molar-refractivity contribution in [3.8, 4) is 17.2 Å². The molecule has 0 bridgehead atoms. The van der Waals surface area contributed by atoms with Gasteiger partial charge in [0.05, 0.1) is 60.5 Å². The van der Waals surface area contributed by atoms with Crippen molar-refractivity contribution in [2.45, 2.75) is 13.5 Å². The molecule has 0 aliphatic carbocycles. The van der Waals surface area contributed by atoms with E-state index >= 15 is 0 Å². The van der Waals surface area contributed by atoms with Crippen molar-refractivity contribution in [3.05, 3.63) is 71.8 Å². The summed E-state index contributed by atoms with van der Waals surface area (Å²) >= 11 is 0. The van der Waals surface area contributed by atoms with Crippen molar-refractivity contribution in [2.24, 2.45) is 0 Å². The summed E-state index contributed by atoms with van der Waals surface area (Å²) in [5, 5.41) is 14.3. The van der Waals surface area contributed by atoms with E-state index in [9.17, 15) is 5.11 Å². The normalized spacial score (nSPS) is 11.2. The van der Waals surface area contributed by atoms with Crippen LogP contribution in [0, 0.1) is 6.92 Å². The highest BCUT2D eigenvalue weighted by Crippen LogP contribution is 2.43. The van der Waals surface area contributed by atoms with Crippen LogP contribution >= 0.6 is 7.92 Å². The van der Waals surface area contributed by atoms with Gasteiger partial charge in [0, 0.05) is 28.6 Å². The van der Waals surface area contributed by atoms with E-state index in [0.29, 0.717) is 39.6 Å². The second-order valence-corrected chi connectivity index (χ2v) is 10.4. The van der Waals surface area contributed by atoms with Crippen LogP contribution in [0.3, 0.4) is 0 Å². The molecule has 1 N–H and O–H groups in total. The van der Waals surface area contributed by atoms with Crippen molar-refractivity contribution < 1.29 is 33.5 Å². The van der Waals surface area contributed by atoms with Gasteiger partial charge < -0.3 is 33.5 Å². The predicted octanol–water partition coefficient (Wildman–Crippen LogP) is 3.67. The number of benzene rings is 3. The average Bonchev–Trinajstić information content (AvgIpc) is 2.92. The third-order valence-electron chi connectivity index (χ3n) is 5.64. The summed E-state index contributed by atoms with van der Waals surface area (Å²) in [6.07, 6.45) is 0. The first-order valence-electron chi connectivity index (χ1n) is 12.2. The third kappa shape index (κ3) is 8.16. The van der Waals surface area contributed by atoms with E-state index in [1.54, 1.807) is 21.3 Å². The lowest BCUT2D eigenvalue weighted by Crippen LogP contribution is -2.24. The first-order chi connectivity index (χ1) is 18.1. The molecule has 3 aromatic rings. The van der Waals surface area contributed by atoms with Crippen molar-refractivity contribution in [2.75, 3.05) is 61.0 Å². The zero-order valence-corrected chi connectivity index (χ0v) is 23.0. The summed E-state index contributed by atoms with van der Waals surface area (Å²) in [5.41, 5.74) is 1.77. The maximum Gasteiger partial charge on any atom is 0.129 e. The number of ether oxygens (including phenoxy) is 6. The number of aromatic hydroxyl groups is 1. The molecule has 0 heterocycles. The fourth-order valence-electron chi connectivity index (χ4n) is 3.90. The number of rotatable bonds is 16. The smallest absolute Gasteiger partial charge is 0.129 e. The summed E-state index contributed by atoms with van der Waals surface area (Å²) < 4.78 is 33.2. The molecule has 0 aliphatic heterocycles. The van der Waals surface area contributed by atoms with Crippen LogP contribution in [0.1, 0.15) is 11.1 Å². The number of methoxy groups -OCH3 is 3. The molecule has 8 heteroatoms. The quantitative estimate of drug-likeness (QED) is 0.225. The van der Waals surface area contributed by atoms with Gasteiger partial charge in [-0.3, -0.25) is 0 Å². The van der Waals surface area contributed by atoms with Gasteiger partial charge in [-0.15, -0.1) is 0 Å². The first kappa shape index (κ1) is 28.9. The van der Waals surface area contributed by atoms with Crippen LogP contribution < -0.4 is 25.4 Å². The Kier molecular flexibility index (Phi) is 12.1.